The molecule has 0 saturated carbocycles. The smallest absolute Gasteiger partial charge is 0.462 e. The molecule has 0 spiro atoms. The SMILES string of the molecule is CCCCCCCCCCCCCCCCCCCCCCC(=O)O[C@H](COC(=O)CCCCCCCCCCCCCCCCCCC)COP(=O)(O)OC[C@@H](O)COP(=O)(O)OC[C@@H](COC(=O)CCCCCCCCCCCC)OC(=O)CCCCCCCCCCCCCC(C)C. The predicted molar refractivity (Wildman–Crippen MR) is 414 cm³/mol. The highest BCUT2D eigenvalue weighted by Gasteiger charge is 2.30. The van der Waals surface area contributed by atoms with Gasteiger partial charge in [-0.05, 0) is 31.6 Å². The molecule has 0 saturated heterocycles. The van der Waals surface area contributed by atoms with Gasteiger partial charge in [-0.2, -0.15) is 0 Å². The van der Waals surface area contributed by atoms with Crippen LogP contribution in [0.2, 0.25) is 0 Å². The fraction of sp³-hybridized carbons (Fsp3) is 0.951. The van der Waals surface area contributed by atoms with Gasteiger partial charge in [0, 0.05) is 25.7 Å². The summed E-state index contributed by atoms with van der Waals surface area (Å²) in [5, 5.41) is 10.6. The Kier molecular flexibility index (Phi) is 73.5. The Labute approximate surface area is 619 Å². The van der Waals surface area contributed by atoms with Crippen molar-refractivity contribution in [1.82, 2.24) is 0 Å². The minimum Gasteiger partial charge on any atom is -0.462 e. The largest absolute Gasteiger partial charge is 0.472 e. The number of carbonyl (C=O) groups excluding carboxylic acids is 4. The van der Waals surface area contributed by atoms with Crippen LogP contribution in [0.25, 0.3) is 0 Å². The van der Waals surface area contributed by atoms with Gasteiger partial charge in [0.05, 0.1) is 26.4 Å². The Balaban J connectivity index is 5.23. The third-order valence-corrected chi connectivity index (χ3v) is 21.2. The average molecular weight is 1480 g/mol. The van der Waals surface area contributed by atoms with Crippen molar-refractivity contribution in [2.45, 2.75) is 457 Å². The number of esters is 4. The summed E-state index contributed by atoms with van der Waals surface area (Å²) < 4.78 is 68.7. The van der Waals surface area contributed by atoms with Crippen molar-refractivity contribution in [3.63, 3.8) is 0 Å². The van der Waals surface area contributed by atoms with Crippen molar-refractivity contribution in [1.29, 1.82) is 0 Å². The van der Waals surface area contributed by atoms with E-state index in [2.05, 4.69) is 34.6 Å². The molecule has 3 N–H and O–H groups in total. The molecule has 0 aromatic heterocycles. The van der Waals surface area contributed by atoms with E-state index in [9.17, 15) is 43.2 Å². The molecule has 0 radical (unpaired) electrons. The quantitative estimate of drug-likeness (QED) is 0.0222. The molecule has 0 aromatic rings. The van der Waals surface area contributed by atoms with E-state index in [0.29, 0.717) is 25.7 Å². The normalized spacial score (nSPS) is 13.8. The summed E-state index contributed by atoms with van der Waals surface area (Å²) in [6, 6.07) is 0. The standard InChI is InChI=1S/C82H160O17P2/c1-6-9-12-15-18-21-24-26-28-30-31-32-34-36-38-42-47-52-57-62-67-81(86)98-78(72-93-80(85)66-61-56-51-46-41-37-35-33-29-27-25-22-19-16-13-10-7-2)74-97-101(90,91)95-70-76(83)69-94-100(88,89)96-73-77(71-92-79(84)65-60-55-50-45-23-20-17-14-11-8-3)99-82(87)68-63-58-53-48-43-39-40-44-49-54-59-64-75(4)5/h75-78,83H,6-74H2,1-5H3,(H,88,89)(H,90,91)/t76-,77+,78+/m0/s1. The van der Waals surface area contributed by atoms with Gasteiger partial charge < -0.3 is 33.8 Å². The van der Waals surface area contributed by atoms with Crippen molar-refractivity contribution < 1.29 is 80.2 Å². The van der Waals surface area contributed by atoms with E-state index in [1.807, 2.05) is 0 Å². The second kappa shape index (κ2) is 74.9. The number of unbranched alkanes of at least 4 members (excludes halogenated alkanes) is 54. The molecule has 0 bridgehead atoms. The summed E-state index contributed by atoms with van der Waals surface area (Å²) in [5.74, 6) is -1.34. The lowest BCUT2D eigenvalue weighted by molar-refractivity contribution is -0.161. The lowest BCUT2D eigenvalue weighted by atomic mass is 10.0. The Bertz CT molecular complexity index is 1930. The minimum absolute atomic E-state index is 0.107. The van der Waals surface area contributed by atoms with Crippen LogP contribution in [0.15, 0.2) is 0 Å². The Morgan fingerprint density at radius 1 is 0.267 bits per heavy atom. The van der Waals surface area contributed by atoms with Crippen molar-refractivity contribution in [3.8, 4) is 0 Å². The molecule has 0 aliphatic rings. The first kappa shape index (κ1) is 99.1. The minimum atomic E-state index is -4.96. The molecule has 0 fully saturated rings. The predicted octanol–water partition coefficient (Wildman–Crippen LogP) is 24.8. The molecular weight excluding hydrogens is 1320 g/mol. The van der Waals surface area contributed by atoms with Crippen molar-refractivity contribution >= 4 is 39.5 Å². The fourth-order valence-electron chi connectivity index (χ4n) is 12.8. The third-order valence-electron chi connectivity index (χ3n) is 19.3. The van der Waals surface area contributed by atoms with Crippen LogP contribution in [0.1, 0.15) is 439 Å². The van der Waals surface area contributed by atoms with Gasteiger partial charge in [0.1, 0.15) is 19.3 Å². The van der Waals surface area contributed by atoms with E-state index in [-0.39, 0.29) is 25.7 Å². The molecule has 101 heavy (non-hydrogen) atoms. The number of phosphoric ester groups is 2. The number of hydrogen-bond acceptors (Lipinski definition) is 15. The molecule has 2 unspecified atom stereocenters. The summed E-state index contributed by atoms with van der Waals surface area (Å²) in [4.78, 5) is 73.0. The number of hydrogen-bond donors (Lipinski definition) is 3. The summed E-state index contributed by atoms with van der Waals surface area (Å²) >= 11 is 0. The fourth-order valence-corrected chi connectivity index (χ4v) is 14.3. The first-order valence-electron chi connectivity index (χ1n) is 42.6. The second-order valence-corrected chi connectivity index (χ2v) is 32.9. The van der Waals surface area contributed by atoms with Crippen LogP contribution >= 0.6 is 15.6 Å². The van der Waals surface area contributed by atoms with E-state index >= 15 is 0 Å². The topological polar surface area (TPSA) is 237 Å². The Morgan fingerprint density at radius 3 is 0.673 bits per heavy atom. The molecule has 0 aliphatic carbocycles. The maximum atomic E-state index is 13.1. The molecule has 5 atom stereocenters. The van der Waals surface area contributed by atoms with Crippen molar-refractivity contribution in [2.24, 2.45) is 5.92 Å². The highest BCUT2D eigenvalue weighted by molar-refractivity contribution is 7.47. The van der Waals surface area contributed by atoms with Gasteiger partial charge in [-0.15, -0.1) is 0 Å². The zero-order valence-corrected chi connectivity index (χ0v) is 67.8. The molecule has 19 heteroatoms. The van der Waals surface area contributed by atoms with Gasteiger partial charge in [0.15, 0.2) is 12.2 Å². The zero-order chi connectivity index (χ0) is 74.1. The van der Waals surface area contributed by atoms with Gasteiger partial charge in [-0.25, -0.2) is 9.13 Å². The molecule has 600 valence electrons. The first-order chi connectivity index (χ1) is 49.0. The molecule has 0 rings (SSSR count). The van der Waals surface area contributed by atoms with E-state index in [0.717, 1.165) is 95.8 Å². The summed E-state index contributed by atoms with van der Waals surface area (Å²) in [5.41, 5.74) is 0. The second-order valence-electron chi connectivity index (χ2n) is 30.0. The van der Waals surface area contributed by atoms with E-state index in [4.69, 9.17) is 37.0 Å². The molecular formula is C82H160O17P2. The van der Waals surface area contributed by atoms with Gasteiger partial charge in [-0.1, -0.05) is 388 Å². The van der Waals surface area contributed by atoms with Crippen LogP contribution < -0.4 is 0 Å². The molecule has 17 nitrogen and oxygen atoms in total. The number of aliphatic hydroxyl groups excluding tert-OH is 1. The maximum Gasteiger partial charge on any atom is 0.472 e. The van der Waals surface area contributed by atoms with Crippen LogP contribution in [0.3, 0.4) is 0 Å². The summed E-state index contributed by atoms with van der Waals surface area (Å²) in [7, 11) is -9.92. The number of carbonyl (C=O) groups is 4. The van der Waals surface area contributed by atoms with Crippen LogP contribution in [0, 0.1) is 5.92 Å². The Morgan fingerprint density at radius 2 is 0.455 bits per heavy atom. The molecule has 0 aliphatic heterocycles. The molecule has 0 heterocycles. The van der Waals surface area contributed by atoms with Gasteiger partial charge in [0.2, 0.25) is 0 Å². The van der Waals surface area contributed by atoms with E-state index in [1.54, 1.807) is 0 Å². The third kappa shape index (κ3) is 76.1. The number of ether oxygens (including phenoxy) is 4. The van der Waals surface area contributed by atoms with E-state index in [1.165, 1.54) is 263 Å². The first-order valence-corrected chi connectivity index (χ1v) is 45.6. The summed E-state index contributed by atoms with van der Waals surface area (Å²) in [6.07, 6.45) is 66.6. The monoisotopic (exact) mass is 1480 g/mol. The number of aliphatic hydroxyl groups is 1. The highest BCUT2D eigenvalue weighted by Crippen LogP contribution is 2.45. The summed E-state index contributed by atoms with van der Waals surface area (Å²) in [6.45, 7) is 7.33. The Hall–Kier alpha value is -1.94. The number of rotatable bonds is 82. The van der Waals surface area contributed by atoms with Crippen LogP contribution in [0.5, 0.6) is 0 Å². The molecule has 0 amide bonds. The van der Waals surface area contributed by atoms with Gasteiger partial charge in [0.25, 0.3) is 0 Å². The maximum absolute atomic E-state index is 13.1. The lowest BCUT2D eigenvalue weighted by Crippen LogP contribution is -2.30. The van der Waals surface area contributed by atoms with E-state index < -0.39 is 97.5 Å². The van der Waals surface area contributed by atoms with Crippen LogP contribution in [-0.2, 0) is 65.4 Å². The number of phosphoric acid groups is 2. The molecule has 0 aromatic carbocycles. The lowest BCUT2D eigenvalue weighted by Gasteiger charge is -2.21. The highest BCUT2D eigenvalue weighted by atomic mass is 31.2. The van der Waals surface area contributed by atoms with Crippen LogP contribution in [0.4, 0.5) is 0 Å². The zero-order valence-electron chi connectivity index (χ0n) is 66.1. The van der Waals surface area contributed by atoms with Crippen molar-refractivity contribution in [3.05, 3.63) is 0 Å². The van der Waals surface area contributed by atoms with Gasteiger partial charge >= 0.3 is 39.5 Å². The van der Waals surface area contributed by atoms with Crippen molar-refractivity contribution in [2.75, 3.05) is 39.6 Å². The average Bonchev–Trinajstić information content (AvgIpc) is 0.960. The van der Waals surface area contributed by atoms with Crippen LogP contribution in [-0.4, -0.2) is 96.7 Å². The van der Waals surface area contributed by atoms with Gasteiger partial charge in [-0.3, -0.25) is 37.3 Å².